The molecule has 40 heavy (non-hydrogen) atoms. The minimum atomic E-state index is -0.206. The maximum absolute atomic E-state index is 13.8. The van der Waals surface area contributed by atoms with Crippen molar-refractivity contribution < 1.29 is 9.53 Å². The van der Waals surface area contributed by atoms with Gasteiger partial charge in [0.05, 0.1) is 35.5 Å². The number of hydrazone groups is 1. The summed E-state index contributed by atoms with van der Waals surface area (Å²) in [6.45, 7) is 1.52. The Labute approximate surface area is 238 Å². The summed E-state index contributed by atoms with van der Waals surface area (Å²) >= 11 is 3.47. The third-order valence-corrected chi connectivity index (χ3v) is 7.45. The zero-order valence-corrected chi connectivity index (χ0v) is 23.4. The normalized spacial score (nSPS) is 14.8. The van der Waals surface area contributed by atoms with E-state index in [9.17, 15) is 9.59 Å². The van der Waals surface area contributed by atoms with Crippen molar-refractivity contribution in [1.29, 1.82) is 0 Å². The summed E-state index contributed by atoms with van der Waals surface area (Å²) < 4.78 is 7.70. The minimum absolute atomic E-state index is 0.130. The summed E-state index contributed by atoms with van der Waals surface area (Å²) in [5.74, 6) is 1.15. The van der Waals surface area contributed by atoms with Crippen LogP contribution in [0.15, 0.2) is 106 Å². The first-order valence-electron chi connectivity index (χ1n) is 12.7. The fourth-order valence-electron chi connectivity index (χ4n) is 4.96. The van der Waals surface area contributed by atoms with Gasteiger partial charge in [-0.15, -0.1) is 0 Å². The number of halogens is 1. The molecule has 1 amide bonds. The maximum Gasteiger partial charge on any atom is 0.266 e. The van der Waals surface area contributed by atoms with Crippen LogP contribution in [0.25, 0.3) is 28.0 Å². The number of hydrogen-bond donors (Lipinski definition) is 0. The van der Waals surface area contributed by atoms with E-state index in [1.807, 2.05) is 72.8 Å². The van der Waals surface area contributed by atoms with Crippen molar-refractivity contribution in [3.05, 3.63) is 117 Å². The van der Waals surface area contributed by atoms with Gasteiger partial charge in [-0.1, -0.05) is 40.2 Å². The van der Waals surface area contributed by atoms with E-state index in [1.54, 1.807) is 30.1 Å². The van der Waals surface area contributed by atoms with Crippen LogP contribution in [0.4, 0.5) is 0 Å². The quantitative estimate of drug-likeness (QED) is 0.252. The molecule has 0 spiro atoms. The van der Waals surface area contributed by atoms with Crippen molar-refractivity contribution in [3.63, 3.8) is 0 Å². The molecule has 0 saturated heterocycles. The second kappa shape index (κ2) is 10.5. The molecule has 0 saturated carbocycles. The fraction of sp³-hybridized carbons (Fsp3) is 0.129. The molecular weight excluding hydrogens is 570 g/mol. The van der Waals surface area contributed by atoms with Crippen LogP contribution in [0, 0.1) is 0 Å². The smallest absolute Gasteiger partial charge is 0.266 e. The lowest BCUT2D eigenvalue weighted by atomic mass is 9.98. The van der Waals surface area contributed by atoms with E-state index in [1.165, 1.54) is 11.9 Å². The first-order valence-corrected chi connectivity index (χ1v) is 13.5. The Balaban J connectivity index is 1.40. The van der Waals surface area contributed by atoms with Crippen LogP contribution in [0.1, 0.15) is 30.5 Å². The largest absolute Gasteiger partial charge is 0.497 e. The van der Waals surface area contributed by atoms with E-state index in [2.05, 4.69) is 26.0 Å². The van der Waals surface area contributed by atoms with Crippen LogP contribution in [0.2, 0.25) is 0 Å². The average molecular weight is 594 g/mol. The SMILES string of the molecule is COc1ccc(C2CC(c3ccc(-n4c(-c5ccncc5)nc5ccc(Br)cc5c4=O)cc3)=NN2C(C)=O)cc1. The summed E-state index contributed by atoms with van der Waals surface area (Å²) in [7, 11) is 1.62. The highest BCUT2D eigenvalue weighted by Gasteiger charge is 2.31. The molecule has 1 aliphatic heterocycles. The van der Waals surface area contributed by atoms with Crippen molar-refractivity contribution in [3.8, 4) is 22.8 Å². The molecule has 0 radical (unpaired) electrons. The number of rotatable bonds is 5. The van der Waals surface area contributed by atoms with E-state index < -0.39 is 0 Å². The summed E-state index contributed by atoms with van der Waals surface area (Å²) in [5.41, 5.74) is 4.54. The molecule has 1 atom stereocenters. The predicted octanol–water partition coefficient (Wildman–Crippen LogP) is 5.92. The fourth-order valence-corrected chi connectivity index (χ4v) is 5.32. The second-order valence-corrected chi connectivity index (χ2v) is 10.3. The van der Waals surface area contributed by atoms with Crippen LogP contribution >= 0.6 is 15.9 Å². The number of methoxy groups -OCH3 is 1. The van der Waals surface area contributed by atoms with E-state index >= 15 is 0 Å². The highest BCUT2D eigenvalue weighted by Crippen LogP contribution is 2.34. The molecule has 9 heteroatoms. The maximum atomic E-state index is 13.8. The summed E-state index contributed by atoms with van der Waals surface area (Å²) in [6.07, 6.45) is 3.93. The third kappa shape index (κ3) is 4.69. The Kier molecular flexibility index (Phi) is 6.73. The molecule has 2 aromatic heterocycles. The number of carbonyl (C=O) groups is 1. The van der Waals surface area contributed by atoms with E-state index in [-0.39, 0.29) is 17.5 Å². The highest BCUT2D eigenvalue weighted by atomic mass is 79.9. The minimum Gasteiger partial charge on any atom is -0.497 e. The van der Waals surface area contributed by atoms with Gasteiger partial charge in [0, 0.05) is 35.8 Å². The lowest BCUT2D eigenvalue weighted by Crippen LogP contribution is -2.24. The number of fused-ring (bicyclic) bond motifs is 1. The molecule has 0 fully saturated rings. The first kappa shape index (κ1) is 25.6. The summed E-state index contributed by atoms with van der Waals surface area (Å²) in [4.78, 5) is 35.2. The van der Waals surface area contributed by atoms with Crippen LogP contribution in [0.3, 0.4) is 0 Å². The lowest BCUT2D eigenvalue weighted by Gasteiger charge is -2.20. The number of nitrogens with zero attached hydrogens (tertiary/aromatic N) is 5. The van der Waals surface area contributed by atoms with Gasteiger partial charge in [0.25, 0.3) is 5.56 Å². The zero-order chi connectivity index (χ0) is 27.8. The molecule has 6 rings (SSSR count). The first-order chi connectivity index (χ1) is 19.4. The monoisotopic (exact) mass is 593 g/mol. The lowest BCUT2D eigenvalue weighted by molar-refractivity contribution is -0.130. The Morgan fingerprint density at radius 2 is 1.68 bits per heavy atom. The molecule has 8 nitrogen and oxygen atoms in total. The van der Waals surface area contributed by atoms with Crippen molar-refractivity contribution in [1.82, 2.24) is 19.5 Å². The third-order valence-electron chi connectivity index (χ3n) is 6.96. The number of ether oxygens (including phenoxy) is 1. The van der Waals surface area contributed by atoms with Gasteiger partial charge in [-0.25, -0.2) is 9.99 Å². The van der Waals surface area contributed by atoms with Gasteiger partial charge in [0.2, 0.25) is 5.91 Å². The van der Waals surface area contributed by atoms with Crippen LogP contribution in [0.5, 0.6) is 5.75 Å². The Morgan fingerprint density at radius 3 is 2.35 bits per heavy atom. The van der Waals surface area contributed by atoms with Crippen LogP contribution in [-0.4, -0.2) is 38.3 Å². The summed E-state index contributed by atoms with van der Waals surface area (Å²) in [5, 5.41) is 6.71. The molecule has 0 aliphatic carbocycles. The van der Waals surface area contributed by atoms with Gasteiger partial charge in [0.1, 0.15) is 11.6 Å². The van der Waals surface area contributed by atoms with Gasteiger partial charge in [-0.05, 0) is 65.7 Å². The Hall–Kier alpha value is -4.63. The molecule has 3 aromatic carbocycles. The molecule has 0 N–H and O–H groups in total. The Morgan fingerprint density at radius 1 is 0.950 bits per heavy atom. The van der Waals surface area contributed by atoms with Gasteiger partial charge < -0.3 is 4.74 Å². The van der Waals surface area contributed by atoms with Crippen LogP contribution < -0.4 is 10.3 Å². The molecule has 0 bridgehead atoms. The van der Waals surface area contributed by atoms with Crippen molar-refractivity contribution in [2.75, 3.05) is 7.11 Å². The average Bonchev–Trinajstić information content (AvgIpc) is 3.44. The molecule has 1 unspecified atom stereocenters. The Bertz CT molecular complexity index is 1820. The number of benzene rings is 3. The predicted molar refractivity (Wildman–Crippen MR) is 158 cm³/mol. The van der Waals surface area contributed by atoms with E-state index in [4.69, 9.17) is 9.72 Å². The topological polar surface area (TPSA) is 89.7 Å². The second-order valence-electron chi connectivity index (χ2n) is 9.42. The zero-order valence-electron chi connectivity index (χ0n) is 21.8. The molecule has 1 aliphatic rings. The highest BCUT2D eigenvalue weighted by molar-refractivity contribution is 9.10. The van der Waals surface area contributed by atoms with Gasteiger partial charge in [-0.2, -0.15) is 5.10 Å². The van der Waals surface area contributed by atoms with Crippen molar-refractivity contribution in [2.24, 2.45) is 5.10 Å². The molecular formula is C31H24BrN5O3. The van der Waals surface area contributed by atoms with E-state index in [0.717, 1.165) is 32.6 Å². The van der Waals surface area contributed by atoms with Crippen molar-refractivity contribution in [2.45, 2.75) is 19.4 Å². The van der Waals surface area contributed by atoms with E-state index in [0.29, 0.717) is 28.8 Å². The number of carbonyl (C=O) groups excluding carboxylic acids is 1. The molecule has 5 aromatic rings. The number of hydrogen-bond acceptors (Lipinski definition) is 6. The summed E-state index contributed by atoms with van der Waals surface area (Å²) in [6, 6.07) is 24.3. The standard InChI is InChI=1S/C31H24BrN5O3/c1-19(38)37-29(21-5-10-25(40-2)11-6-21)18-28(35-37)20-3-8-24(9-4-20)36-30(22-13-15-33-16-14-22)34-27-12-7-23(32)17-26(27)31(36)39/h3-17,29H,18H2,1-2H3. The van der Waals surface area contributed by atoms with Crippen molar-refractivity contribution >= 4 is 38.5 Å². The number of pyridine rings is 1. The van der Waals surface area contributed by atoms with Gasteiger partial charge in [0.15, 0.2) is 0 Å². The number of aromatic nitrogens is 3. The van der Waals surface area contributed by atoms with Gasteiger partial charge >= 0.3 is 0 Å². The number of amides is 1. The van der Waals surface area contributed by atoms with Gasteiger partial charge in [-0.3, -0.25) is 19.1 Å². The van der Waals surface area contributed by atoms with Crippen LogP contribution in [-0.2, 0) is 4.79 Å². The molecule has 198 valence electrons. The molecule has 3 heterocycles.